The number of rotatable bonds is 5. The van der Waals surface area contributed by atoms with E-state index in [1.165, 1.54) is 18.2 Å². The predicted octanol–water partition coefficient (Wildman–Crippen LogP) is 2.68. The molecule has 0 aliphatic heterocycles. The lowest BCUT2D eigenvalue weighted by Gasteiger charge is -2.12. The summed E-state index contributed by atoms with van der Waals surface area (Å²) in [6.45, 7) is 0.339. The Morgan fingerprint density at radius 1 is 1.25 bits per heavy atom. The number of benzene rings is 2. The Morgan fingerprint density at radius 3 is 2.54 bits per heavy atom. The van der Waals surface area contributed by atoms with E-state index in [9.17, 15) is 15.2 Å². The van der Waals surface area contributed by atoms with Crippen molar-refractivity contribution in [2.24, 2.45) is 0 Å². The van der Waals surface area contributed by atoms with E-state index in [0.717, 1.165) is 11.3 Å². The highest BCUT2D eigenvalue weighted by molar-refractivity contribution is 6.01. The third-order valence-corrected chi connectivity index (χ3v) is 3.45. The normalized spacial score (nSPS) is 10.8. The van der Waals surface area contributed by atoms with E-state index in [1.54, 1.807) is 12.1 Å². The Kier molecular flexibility index (Phi) is 5.58. The molecular formula is C19H19N3O2. The summed E-state index contributed by atoms with van der Waals surface area (Å²) in [4.78, 5) is 14.1. The number of phenolic OH excluding ortho intramolecular Hbond substituents is 1. The maximum absolute atomic E-state index is 12.1. The van der Waals surface area contributed by atoms with Crippen molar-refractivity contribution in [2.45, 2.75) is 6.54 Å². The number of hydrogen-bond donors (Lipinski definition) is 2. The molecule has 0 fully saturated rings. The Morgan fingerprint density at radius 2 is 1.96 bits per heavy atom. The first-order valence-electron chi connectivity index (χ1n) is 7.45. The van der Waals surface area contributed by atoms with E-state index in [-0.39, 0.29) is 11.3 Å². The molecule has 0 aliphatic carbocycles. The summed E-state index contributed by atoms with van der Waals surface area (Å²) in [6, 6.07) is 16.1. The average Bonchev–Trinajstić information content (AvgIpc) is 2.58. The molecule has 0 radical (unpaired) electrons. The molecule has 0 bridgehead atoms. The van der Waals surface area contributed by atoms with Crippen LogP contribution in [-0.2, 0) is 11.3 Å². The van der Waals surface area contributed by atoms with Gasteiger partial charge in [-0.25, -0.2) is 0 Å². The third-order valence-electron chi connectivity index (χ3n) is 3.45. The lowest BCUT2D eigenvalue weighted by Crippen LogP contribution is -2.24. The molecule has 0 spiro atoms. The topological polar surface area (TPSA) is 76.4 Å². The van der Waals surface area contributed by atoms with Crippen LogP contribution in [0.25, 0.3) is 6.08 Å². The second kappa shape index (κ2) is 7.84. The van der Waals surface area contributed by atoms with Crippen LogP contribution in [0.1, 0.15) is 11.1 Å². The van der Waals surface area contributed by atoms with Crippen LogP contribution in [0, 0.1) is 11.3 Å². The van der Waals surface area contributed by atoms with Crippen molar-refractivity contribution in [2.75, 3.05) is 19.0 Å². The summed E-state index contributed by atoms with van der Waals surface area (Å²) < 4.78 is 0. The first-order chi connectivity index (χ1) is 11.5. The predicted molar refractivity (Wildman–Crippen MR) is 94.3 cm³/mol. The van der Waals surface area contributed by atoms with E-state index >= 15 is 0 Å². The van der Waals surface area contributed by atoms with E-state index < -0.39 is 5.91 Å². The van der Waals surface area contributed by atoms with E-state index in [0.29, 0.717) is 12.1 Å². The van der Waals surface area contributed by atoms with Crippen molar-refractivity contribution in [3.63, 3.8) is 0 Å². The number of carbonyl (C=O) groups is 1. The van der Waals surface area contributed by atoms with Crippen LogP contribution >= 0.6 is 0 Å². The van der Waals surface area contributed by atoms with Crippen molar-refractivity contribution in [1.82, 2.24) is 5.32 Å². The molecule has 0 atom stereocenters. The minimum atomic E-state index is -0.447. The monoisotopic (exact) mass is 321 g/mol. The number of anilines is 1. The molecule has 2 rings (SSSR count). The second-order valence-corrected chi connectivity index (χ2v) is 5.51. The number of phenols is 1. The van der Waals surface area contributed by atoms with Crippen LogP contribution < -0.4 is 10.2 Å². The molecule has 1 amide bonds. The lowest BCUT2D eigenvalue weighted by atomic mass is 10.1. The largest absolute Gasteiger partial charge is 0.508 e. The standard InChI is InChI=1S/C19H19N3O2/c1-22(2)17-8-6-14(7-9-17)13-21-19(24)16(12-20)10-15-4-3-5-18(23)11-15/h3-11,23H,13H2,1-2H3,(H,21,24)/b16-10+. The molecule has 5 heteroatoms. The van der Waals surface area contributed by atoms with E-state index in [1.807, 2.05) is 49.3 Å². The Labute approximate surface area is 141 Å². The Bertz CT molecular complexity index is 787. The maximum Gasteiger partial charge on any atom is 0.262 e. The summed E-state index contributed by atoms with van der Waals surface area (Å²) in [5, 5.41) is 21.3. The van der Waals surface area contributed by atoms with Gasteiger partial charge in [-0.1, -0.05) is 24.3 Å². The number of nitriles is 1. The molecule has 0 saturated heterocycles. The Hall–Kier alpha value is -3.26. The van der Waals surface area contributed by atoms with Gasteiger partial charge < -0.3 is 15.3 Å². The summed E-state index contributed by atoms with van der Waals surface area (Å²) in [5.74, 6) is -0.361. The molecule has 0 aliphatic rings. The molecular weight excluding hydrogens is 302 g/mol. The van der Waals surface area contributed by atoms with Gasteiger partial charge in [0.05, 0.1) is 0 Å². The van der Waals surface area contributed by atoms with Crippen molar-refractivity contribution in [3.05, 3.63) is 65.2 Å². The molecule has 0 unspecified atom stereocenters. The van der Waals surface area contributed by atoms with Gasteiger partial charge in [0.1, 0.15) is 17.4 Å². The molecule has 24 heavy (non-hydrogen) atoms. The smallest absolute Gasteiger partial charge is 0.262 e. The number of amides is 1. The molecule has 0 heterocycles. The molecule has 5 nitrogen and oxygen atoms in total. The first-order valence-corrected chi connectivity index (χ1v) is 7.45. The SMILES string of the molecule is CN(C)c1ccc(CNC(=O)/C(C#N)=C/c2cccc(O)c2)cc1. The van der Waals surface area contributed by atoms with Gasteiger partial charge in [0.15, 0.2) is 0 Å². The van der Waals surface area contributed by atoms with Gasteiger partial charge in [-0.15, -0.1) is 0 Å². The van der Waals surface area contributed by atoms with Crippen molar-refractivity contribution in [3.8, 4) is 11.8 Å². The minimum absolute atomic E-state index is 0.00879. The van der Waals surface area contributed by atoms with E-state index in [2.05, 4.69) is 5.32 Å². The fraction of sp³-hybridized carbons (Fsp3) is 0.158. The quantitative estimate of drug-likeness (QED) is 0.656. The van der Waals surface area contributed by atoms with Crippen molar-refractivity contribution >= 4 is 17.7 Å². The molecule has 2 aromatic carbocycles. The highest BCUT2D eigenvalue weighted by Crippen LogP contribution is 2.15. The Balaban J connectivity index is 2.03. The van der Waals surface area contributed by atoms with Gasteiger partial charge in [-0.2, -0.15) is 5.26 Å². The van der Waals surface area contributed by atoms with Gasteiger partial charge in [-0.3, -0.25) is 4.79 Å². The lowest BCUT2D eigenvalue weighted by molar-refractivity contribution is -0.117. The van der Waals surface area contributed by atoms with Gasteiger partial charge in [0.2, 0.25) is 0 Å². The molecule has 2 aromatic rings. The van der Waals surface area contributed by atoms with Crippen LogP contribution in [0.3, 0.4) is 0 Å². The zero-order valence-electron chi connectivity index (χ0n) is 13.7. The minimum Gasteiger partial charge on any atom is -0.508 e. The molecule has 2 N–H and O–H groups in total. The summed E-state index contributed by atoms with van der Waals surface area (Å²) in [5.41, 5.74) is 2.61. The summed E-state index contributed by atoms with van der Waals surface area (Å²) in [7, 11) is 3.92. The van der Waals surface area contributed by atoms with E-state index in [4.69, 9.17) is 0 Å². The zero-order chi connectivity index (χ0) is 17.5. The number of aromatic hydroxyl groups is 1. The van der Waals surface area contributed by atoms with Crippen LogP contribution in [0.4, 0.5) is 5.69 Å². The van der Waals surface area contributed by atoms with Crippen molar-refractivity contribution < 1.29 is 9.90 Å². The van der Waals surface area contributed by atoms with Crippen LogP contribution in [-0.4, -0.2) is 25.1 Å². The van der Waals surface area contributed by atoms with Gasteiger partial charge in [0, 0.05) is 26.3 Å². The molecule has 122 valence electrons. The molecule has 0 aromatic heterocycles. The van der Waals surface area contributed by atoms with Gasteiger partial charge >= 0.3 is 0 Å². The number of nitrogens with one attached hydrogen (secondary N) is 1. The average molecular weight is 321 g/mol. The van der Waals surface area contributed by atoms with Gasteiger partial charge in [-0.05, 0) is 41.5 Å². The van der Waals surface area contributed by atoms with Crippen LogP contribution in [0.5, 0.6) is 5.75 Å². The van der Waals surface area contributed by atoms with Crippen molar-refractivity contribution in [1.29, 1.82) is 5.26 Å². The van der Waals surface area contributed by atoms with Crippen LogP contribution in [0.15, 0.2) is 54.1 Å². The first kappa shape index (κ1) is 17.1. The number of nitrogens with zero attached hydrogens (tertiary/aromatic N) is 2. The maximum atomic E-state index is 12.1. The number of carbonyl (C=O) groups excluding carboxylic acids is 1. The summed E-state index contributed by atoms with van der Waals surface area (Å²) >= 11 is 0. The fourth-order valence-electron chi connectivity index (χ4n) is 2.12. The van der Waals surface area contributed by atoms with Crippen LogP contribution in [0.2, 0.25) is 0 Å². The highest BCUT2D eigenvalue weighted by Gasteiger charge is 2.09. The summed E-state index contributed by atoms with van der Waals surface area (Å²) in [6.07, 6.45) is 1.45. The third kappa shape index (κ3) is 4.62. The van der Waals surface area contributed by atoms with Gasteiger partial charge in [0.25, 0.3) is 5.91 Å². The zero-order valence-corrected chi connectivity index (χ0v) is 13.7. The molecule has 0 saturated carbocycles. The fourth-order valence-corrected chi connectivity index (χ4v) is 2.12. The number of hydrogen-bond acceptors (Lipinski definition) is 4. The highest BCUT2D eigenvalue weighted by atomic mass is 16.3. The second-order valence-electron chi connectivity index (χ2n) is 5.51.